The van der Waals surface area contributed by atoms with Crippen LogP contribution in [0.5, 0.6) is 0 Å². The Hall–Kier alpha value is -2.50. The van der Waals surface area contributed by atoms with E-state index in [2.05, 4.69) is 39.0 Å². The molecule has 0 saturated heterocycles. The standard InChI is InChI=1S/C17H21N5O/c1-11(2)7-15-20-8-12-9-22(10-14(12)21-15)16-13(17(23)18-3)5-4-6-19-16/h4-6,8,11H,7,9-10H2,1-3H3,(H,18,23). The summed E-state index contributed by atoms with van der Waals surface area (Å²) in [4.78, 5) is 27.6. The van der Waals surface area contributed by atoms with E-state index >= 15 is 0 Å². The van der Waals surface area contributed by atoms with Gasteiger partial charge in [-0.3, -0.25) is 4.79 Å². The Labute approximate surface area is 136 Å². The van der Waals surface area contributed by atoms with Crippen molar-refractivity contribution >= 4 is 11.7 Å². The minimum absolute atomic E-state index is 0.129. The molecule has 0 spiro atoms. The van der Waals surface area contributed by atoms with Gasteiger partial charge in [0.1, 0.15) is 11.6 Å². The number of fused-ring (bicyclic) bond motifs is 1. The Bertz CT molecular complexity index is 729. The first kappa shape index (κ1) is 15.4. The molecule has 0 saturated carbocycles. The second-order valence-corrected chi connectivity index (χ2v) is 6.17. The molecule has 0 fully saturated rings. The van der Waals surface area contributed by atoms with Crippen molar-refractivity contribution in [2.45, 2.75) is 33.4 Å². The maximum Gasteiger partial charge on any atom is 0.254 e. The zero-order valence-electron chi connectivity index (χ0n) is 13.7. The molecule has 1 aliphatic rings. The van der Waals surface area contributed by atoms with Crippen LogP contribution >= 0.6 is 0 Å². The van der Waals surface area contributed by atoms with Crippen LogP contribution in [-0.4, -0.2) is 27.9 Å². The highest BCUT2D eigenvalue weighted by atomic mass is 16.1. The first-order chi connectivity index (χ1) is 11.1. The summed E-state index contributed by atoms with van der Waals surface area (Å²) >= 11 is 0. The summed E-state index contributed by atoms with van der Waals surface area (Å²) in [5.41, 5.74) is 2.72. The fourth-order valence-corrected chi connectivity index (χ4v) is 2.77. The van der Waals surface area contributed by atoms with Crippen LogP contribution in [-0.2, 0) is 19.5 Å². The summed E-state index contributed by atoms with van der Waals surface area (Å²) in [6.07, 6.45) is 4.49. The molecule has 0 atom stereocenters. The van der Waals surface area contributed by atoms with E-state index in [0.717, 1.165) is 23.5 Å². The van der Waals surface area contributed by atoms with Crippen molar-refractivity contribution in [1.29, 1.82) is 0 Å². The van der Waals surface area contributed by atoms with Crippen LogP contribution in [0.2, 0.25) is 0 Å². The highest BCUT2D eigenvalue weighted by Gasteiger charge is 2.25. The second kappa shape index (κ2) is 6.32. The number of amides is 1. The van der Waals surface area contributed by atoms with Gasteiger partial charge in [0.05, 0.1) is 17.8 Å². The first-order valence-corrected chi connectivity index (χ1v) is 7.84. The maximum absolute atomic E-state index is 12.0. The van der Waals surface area contributed by atoms with E-state index in [-0.39, 0.29) is 5.91 Å². The summed E-state index contributed by atoms with van der Waals surface area (Å²) in [7, 11) is 1.63. The highest BCUT2D eigenvalue weighted by Crippen LogP contribution is 2.28. The first-order valence-electron chi connectivity index (χ1n) is 7.84. The minimum Gasteiger partial charge on any atom is -0.355 e. The lowest BCUT2D eigenvalue weighted by Gasteiger charge is -2.18. The second-order valence-electron chi connectivity index (χ2n) is 6.17. The lowest BCUT2D eigenvalue weighted by molar-refractivity contribution is 0.0963. The molecule has 0 unspecified atom stereocenters. The largest absolute Gasteiger partial charge is 0.355 e. The molecule has 3 heterocycles. The number of hydrogen-bond donors (Lipinski definition) is 1. The molecule has 0 radical (unpaired) electrons. The molecule has 120 valence electrons. The maximum atomic E-state index is 12.0. The van der Waals surface area contributed by atoms with E-state index in [1.165, 1.54) is 0 Å². The smallest absolute Gasteiger partial charge is 0.254 e. The molecule has 6 nitrogen and oxygen atoms in total. The molecular weight excluding hydrogens is 290 g/mol. The third-order valence-corrected chi connectivity index (χ3v) is 3.85. The van der Waals surface area contributed by atoms with Crippen molar-refractivity contribution < 1.29 is 4.79 Å². The van der Waals surface area contributed by atoms with Crippen LogP contribution in [0.25, 0.3) is 0 Å². The zero-order chi connectivity index (χ0) is 16.4. The van der Waals surface area contributed by atoms with Gasteiger partial charge in [0.15, 0.2) is 0 Å². The molecule has 1 N–H and O–H groups in total. The summed E-state index contributed by atoms with van der Waals surface area (Å²) in [5.74, 6) is 1.97. The van der Waals surface area contributed by atoms with E-state index in [4.69, 9.17) is 0 Å². The molecule has 2 aromatic heterocycles. The number of anilines is 1. The number of pyridine rings is 1. The zero-order valence-corrected chi connectivity index (χ0v) is 13.7. The molecule has 1 aliphatic heterocycles. The van der Waals surface area contributed by atoms with E-state index in [1.807, 2.05) is 6.20 Å². The Balaban J connectivity index is 1.86. The van der Waals surface area contributed by atoms with E-state index in [1.54, 1.807) is 25.4 Å². The number of aromatic nitrogens is 3. The number of nitrogens with one attached hydrogen (secondary N) is 1. The van der Waals surface area contributed by atoms with Crippen LogP contribution in [0.1, 0.15) is 41.3 Å². The lowest BCUT2D eigenvalue weighted by atomic mass is 10.1. The molecule has 6 heteroatoms. The average molecular weight is 311 g/mol. The van der Waals surface area contributed by atoms with Crippen molar-refractivity contribution in [3.8, 4) is 0 Å². The molecule has 2 aromatic rings. The van der Waals surface area contributed by atoms with Gasteiger partial charge >= 0.3 is 0 Å². The van der Waals surface area contributed by atoms with Crippen LogP contribution in [0.15, 0.2) is 24.5 Å². The Morgan fingerprint density at radius 3 is 2.91 bits per heavy atom. The molecule has 0 bridgehead atoms. The summed E-state index contributed by atoms with van der Waals surface area (Å²) in [6.45, 7) is 5.65. The van der Waals surface area contributed by atoms with Gasteiger partial charge in [-0.05, 0) is 18.1 Å². The molecule has 23 heavy (non-hydrogen) atoms. The van der Waals surface area contributed by atoms with E-state index in [9.17, 15) is 4.79 Å². The number of rotatable bonds is 4. The van der Waals surface area contributed by atoms with Gasteiger partial charge in [0, 0.05) is 38.0 Å². The molecule has 0 aliphatic carbocycles. The minimum atomic E-state index is -0.129. The average Bonchev–Trinajstić information content (AvgIpc) is 2.96. The Morgan fingerprint density at radius 1 is 1.35 bits per heavy atom. The number of carbonyl (C=O) groups excluding carboxylic acids is 1. The van der Waals surface area contributed by atoms with E-state index in [0.29, 0.717) is 30.4 Å². The van der Waals surface area contributed by atoms with Gasteiger partial charge in [-0.25, -0.2) is 15.0 Å². The van der Waals surface area contributed by atoms with Gasteiger partial charge in [-0.1, -0.05) is 13.8 Å². The number of carbonyl (C=O) groups is 1. The van der Waals surface area contributed by atoms with Gasteiger partial charge in [-0.15, -0.1) is 0 Å². The number of hydrogen-bond acceptors (Lipinski definition) is 5. The Morgan fingerprint density at radius 2 is 2.17 bits per heavy atom. The number of nitrogens with zero attached hydrogens (tertiary/aromatic N) is 4. The van der Waals surface area contributed by atoms with Gasteiger partial charge in [-0.2, -0.15) is 0 Å². The van der Waals surface area contributed by atoms with Gasteiger partial charge in [0.2, 0.25) is 0 Å². The van der Waals surface area contributed by atoms with Crippen LogP contribution in [0.3, 0.4) is 0 Å². The Kier molecular flexibility index (Phi) is 4.23. The third-order valence-electron chi connectivity index (χ3n) is 3.85. The van der Waals surface area contributed by atoms with Crippen LogP contribution < -0.4 is 10.2 Å². The summed E-state index contributed by atoms with van der Waals surface area (Å²) < 4.78 is 0. The van der Waals surface area contributed by atoms with Crippen molar-refractivity contribution in [3.05, 3.63) is 47.2 Å². The van der Waals surface area contributed by atoms with Crippen molar-refractivity contribution in [3.63, 3.8) is 0 Å². The lowest BCUT2D eigenvalue weighted by Crippen LogP contribution is -2.24. The van der Waals surface area contributed by atoms with Crippen molar-refractivity contribution in [1.82, 2.24) is 20.3 Å². The topological polar surface area (TPSA) is 71.0 Å². The van der Waals surface area contributed by atoms with Crippen LogP contribution in [0.4, 0.5) is 5.82 Å². The highest BCUT2D eigenvalue weighted by molar-refractivity contribution is 5.98. The summed E-state index contributed by atoms with van der Waals surface area (Å²) in [5, 5.41) is 2.66. The quantitative estimate of drug-likeness (QED) is 0.934. The molecule has 1 amide bonds. The molecule has 3 rings (SSSR count). The van der Waals surface area contributed by atoms with Crippen molar-refractivity contribution in [2.75, 3.05) is 11.9 Å². The van der Waals surface area contributed by atoms with E-state index < -0.39 is 0 Å². The van der Waals surface area contributed by atoms with Crippen LogP contribution in [0, 0.1) is 5.92 Å². The van der Waals surface area contributed by atoms with Gasteiger partial charge < -0.3 is 10.2 Å². The third kappa shape index (κ3) is 3.16. The van der Waals surface area contributed by atoms with Gasteiger partial charge in [0.25, 0.3) is 5.91 Å². The molecule has 0 aromatic carbocycles. The predicted molar refractivity (Wildman–Crippen MR) is 88.1 cm³/mol. The monoisotopic (exact) mass is 311 g/mol. The van der Waals surface area contributed by atoms with Crippen molar-refractivity contribution in [2.24, 2.45) is 5.92 Å². The summed E-state index contributed by atoms with van der Waals surface area (Å²) in [6, 6.07) is 3.57. The molecular formula is C17H21N5O. The fourth-order valence-electron chi connectivity index (χ4n) is 2.77. The predicted octanol–water partition coefficient (Wildman–Crippen LogP) is 1.95. The normalized spacial score (nSPS) is 13.3. The SMILES string of the molecule is CNC(=O)c1cccnc1N1Cc2cnc(CC(C)C)nc2C1. The fraction of sp³-hybridized carbons (Fsp3) is 0.412.